The van der Waals surface area contributed by atoms with Crippen LogP contribution in [-0.4, -0.2) is 21.6 Å². The molecule has 6 heteroatoms. The number of thiazole rings is 1. The molecule has 1 amide bonds. The Morgan fingerprint density at radius 2 is 1.93 bits per heavy atom. The monoisotopic (exact) mass is 433 g/mol. The van der Waals surface area contributed by atoms with Crippen molar-refractivity contribution in [2.75, 3.05) is 10.7 Å². The topological polar surface area (TPSA) is 46.1 Å². The first-order chi connectivity index (χ1) is 14.6. The zero-order chi connectivity index (χ0) is 20.9. The SMILES string of the molecule is Cc1cc(C)c2nc(N(Cc3cccnc3)C(=O)CCSc3ccccc3)sc2c1. The first kappa shape index (κ1) is 20.6. The molecule has 0 unspecified atom stereocenters. The molecular weight excluding hydrogens is 410 g/mol. The number of hydrogen-bond donors (Lipinski definition) is 0. The molecule has 0 N–H and O–H groups in total. The maximum absolute atomic E-state index is 13.2. The fourth-order valence-electron chi connectivity index (χ4n) is 3.32. The Hall–Kier alpha value is -2.70. The third-order valence-electron chi connectivity index (χ3n) is 4.74. The highest BCUT2D eigenvalue weighted by Gasteiger charge is 2.21. The van der Waals surface area contributed by atoms with Crippen LogP contribution in [0.2, 0.25) is 0 Å². The van der Waals surface area contributed by atoms with E-state index in [1.807, 2.05) is 41.4 Å². The van der Waals surface area contributed by atoms with Crippen LogP contribution in [0.3, 0.4) is 0 Å². The van der Waals surface area contributed by atoms with E-state index in [4.69, 9.17) is 4.98 Å². The molecule has 30 heavy (non-hydrogen) atoms. The van der Waals surface area contributed by atoms with Gasteiger partial charge in [-0.2, -0.15) is 0 Å². The number of pyridine rings is 1. The highest BCUT2D eigenvalue weighted by molar-refractivity contribution is 7.99. The minimum Gasteiger partial charge on any atom is -0.284 e. The molecule has 0 saturated heterocycles. The first-order valence-electron chi connectivity index (χ1n) is 9.85. The van der Waals surface area contributed by atoms with Crippen LogP contribution in [0, 0.1) is 13.8 Å². The standard InChI is InChI=1S/C24H23N3OS2/c1-17-13-18(2)23-21(14-17)30-24(26-23)27(16-19-7-6-11-25-15-19)22(28)10-12-29-20-8-4-3-5-9-20/h3-9,11,13-15H,10,12,16H2,1-2H3. The Balaban J connectivity index is 1.57. The summed E-state index contributed by atoms with van der Waals surface area (Å²) >= 11 is 3.28. The van der Waals surface area contributed by atoms with Gasteiger partial charge in [-0.05, 0) is 54.8 Å². The van der Waals surface area contributed by atoms with Gasteiger partial charge in [0.05, 0.1) is 16.8 Å². The summed E-state index contributed by atoms with van der Waals surface area (Å²) < 4.78 is 1.12. The van der Waals surface area contributed by atoms with Gasteiger partial charge in [0, 0.05) is 29.5 Å². The van der Waals surface area contributed by atoms with Crippen LogP contribution in [0.15, 0.2) is 71.9 Å². The summed E-state index contributed by atoms with van der Waals surface area (Å²) in [6.45, 7) is 4.63. The van der Waals surface area contributed by atoms with Crippen LogP contribution >= 0.6 is 23.1 Å². The number of hydrogen-bond acceptors (Lipinski definition) is 5. The number of anilines is 1. The molecular formula is C24H23N3OS2. The van der Waals surface area contributed by atoms with Crippen molar-refractivity contribution in [2.45, 2.75) is 31.7 Å². The Morgan fingerprint density at radius 1 is 1.10 bits per heavy atom. The third kappa shape index (κ3) is 4.89. The average molecular weight is 434 g/mol. The highest BCUT2D eigenvalue weighted by Crippen LogP contribution is 2.33. The predicted octanol–water partition coefficient (Wildman–Crippen LogP) is 6.02. The van der Waals surface area contributed by atoms with Gasteiger partial charge in [-0.25, -0.2) is 4.98 Å². The highest BCUT2D eigenvalue weighted by atomic mass is 32.2. The number of nitrogens with zero attached hydrogens (tertiary/aromatic N) is 3. The van der Waals surface area contributed by atoms with Crippen molar-refractivity contribution in [1.29, 1.82) is 0 Å². The normalized spacial score (nSPS) is 11.0. The number of amides is 1. The van der Waals surface area contributed by atoms with Crippen LogP contribution in [0.5, 0.6) is 0 Å². The molecule has 4 rings (SSSR count). The number of fused-ring (bicyclic) bond motifs is 1. The molecule has 4 nitrogen and oxygen atoms in total. The molecule has 4 aromatic rings. The Morgan fingerprint density at radius 3 is 2.70 bits per heavy atom. The van der Waals surface area contributed by atoms with E-state index >= 15 is 0 Å². The number of carbonyl (C=O) groups excluding carboxylic acids is 1. The zero-order valence-corrected chi connectivity index (χ0v) is 18.7. The second-order valence-corrected chi connectivity index (χ2v) is 9.36. The van der Waals surface area contributed by atoms with Crippen LogP contribution in [0.1, 0.15) is 23.1 Å². The van der Waals surface area contributed by atoms with Crippen LogP contribution in [0.25, 0.3) is 10.2 Å². The van der Waals surface area contributed by atoms with Crippen molar-refractivity contribution in [3.63, 3.8) is 0 Å². The maximum Gasteiger partial charge on any atom is 0.229 e. The lowest BCUT2D eigenvalue weighted by Crippen LogP contribution is -2.30. The lowest BCUT2D eigenvalue weighted by Gasteiger charge is -2.20. The second kappa shape index (κ2) is 9.41. The lowest BCUT2D eigenvalue weighted by molar-refractivity contribution is -0.118. The van der Waals surface area contributed by atoms with Crippen LogP contribution in [0.4, 0.5) is 5.13 Å². The summed E-state index contributed by atoms with van der Waals surface area (Å²) in [4.78, 5) is 25.2. The smallest absolute Gasteiger partial charge is 0.229 e. The van der Waals surface area contributed by atoms with Crippen molar-refractivity contribution in [3.05, 3.63) is 83.7 Å². The van der Waals surface area contributed by atoms with E-state index < -0.39 is 0 Å². The quantitative estimate of drug-likeness (QED) is 0.334. The maximum atomic E-state index is 13.2. The number of aryl methyl sites for hydroxylation is 2. The number of thioether (sulfide) groups is 1. The van der Waals surface area contributed by atoms with Crippen molar-refractivity contribution in [3.8, 4) is 0 Å². The Kier molecular flexibility index (Phi) is 6.45. The van der Waals surface area contributed by atoms with Crippen LogP contribution < -0.4 is 4.90 Å². The van der Waals surface area contributed by atoms with Gasteiger partial charge in [-0.1, -0.05) is 41.7 Å². The predicted molar refractivity (Wildman–Crippen MR) is 126 cm³/mol. The molecule has 0 spiro atoms. The van der Waals surface area contributed by atoms with E-state index in [0.717, 1.165) is 32.2 Å². The van der Waals surface area contributed by atoms with Gasteiger partial charge in [0.1, 0.15) is 0 Å². The molecule has 0 aliphatic rings. The lowest BCUT2D eigenvalue weighted by atomic mass is 10.1. The van der Waals surface area contributed by atoms with E-state index in [2.05, 4.69) is 43.1 Å². The van der Waals surface area contributed by atoms with Crippen molar-refractivity contribution >= 4 is 44.4 Å². The third-order valence-corrected chi connectivity index (χ3v) is 6.78. The minimum atomic E-state index is 0.0794. The zero-order valence-electron chi connectivity index (χ0n) is 17.0. The Labute approximate surface area is 185 Å². The molecule has 2 aromatic carbocycles. The van der Waals surface area contributed by atoms with Gasteiger partial charge in [-0.15, -0.1) is 11.8 Å². The molecule has 0 fully saturated rings. The molecule has 0 aliphatic carbocycles. The summed E-state index contributed by atoms with van der Waals surface area (Å²) in [7, 11) is 0. The van der Waals surface area contributed by atoms with Crippen molar-refractivity contribution in [1.82, 2.24) is 9.97 Å². The molecule has 2 aromatic heterocycles. The van der Waals surface area contributed by atoms with E-state index in [1.165, 1.54) is 10.5 Å². The summed E-state index contributed by atoms with van der Waals surface area (Å²) in [5, 5.41) is 0.747. The molecule has 0 atom stereocenters. The number of aromatic nitrogens is 2. The van der Waals surface area contributed by atoms with Gasteiger partial charge in [0.15, 0.2) is 5.13 Å². The van der Waals surface area contributed by atoms with Crippen LogP contribution in [-0.2, 0) is 11.3 Å². The fraction of sp³-hybridized carbons (Fsp3) is 0.208. The number of rotatable bonds is 7. The molecule has 0 aliphatic heterocycles. The van der Waals surface area contributed by atoms with E-state index in [1.54, 1.807) is 29.3 Å². The van der Waals surface area contributed by atoms with Gasteiger partial charge in [0.25, 0.3) is 0 Å². The van der Waals surface area contributed by atoms with E-state index in [0.29, 0.717) is 13.0 Å². The molecule has 2 heterocycles. The minimum absolute atomic E-state index is 0.0794. The van der Waals surface area contributed by atoms with Gasteiger partial charge >= 0.3 is 0 Å². The summed E-state index contributed by atoms with van der Waals surface area (Å²) in [5.41, 5.74) is 4.32. The Bertz CT molecular complexity index is 1140. The molecule has 0 saturated carbocycles. The summed E-state index contributed by atoms with van der Waals surface area (Å²) in [5.74, 6) is 0.811. The van der Waals surface area contributed by atoms with E-state index in [-0.39, 0.29) is 5.91 Å². The number of carbonyl (C=O) groups is 1. The molecule has 152 valence electrons. The second-order valence-electron chi connectivity index (χ2n) is 7.18. The summed E-state index contributed by atoms with van der Waals surface area (Å²) in [6, 6.07) is 18.3. The number of benzene rings is 2. The van der Waals surface area contributed by atoms with Gasteiger partial charge in [-0.3, -0.25) is 14.7 Å². The van der Waals surface area contributed by atoms with Crippen molar-refractivity contribution < 1.29 is 4.79 Å². The average Bonchev–Trinajstić information content (AvgIpc) is 3.17. The van der Waals surface area contributed by atoms with E-state index in [9.17, 15) is 4.79 Å². The van der Waals surface area contributed by atoms with Gasteiger partial charge in [0.2, 0.25) is 5.91 Å². The van der Waals surface area contributed by atoms with Crippen molar-refractivity contribution in [2.24, 2.45) is 0 Å². The fourth-order valence-corrected chi connectivity index (χ4v) is 5.34. The largest absolute Gasteiger partial charge is 0.284 e. The molecule has 0 bridgehead atoms. The molecule has 0 radical (unpaired) electrons. The summed E-state index contributed by atoms with van der Waals surface area (Å²) in [6.07, 6.45) is 4.01. The van der Waals surface area contributed by atoms with Gasteiger partial charge < -0.3 is 0 Å². The first-order valence-corrected chi connectivity index (χ1v) is 11.7.